The summed E-state index contributed by atoms with van der Waals surface area (Å²) in [5.41, 5.74) is 7.08. The second kappa shape index (κ2) is 8.83. The summed E-state index contributed by atoms with van der Waals surface area (Å²) < 4.78 is 0. The van der Waals surface area contributed by atoms with E-state index in [0.717, 1.165) is 38.8 Å². The van der Waals surface area contributed by atoms with Crippen molar-refractivity contribution in [2.24, 2.45) is 5.73 Å². The molecule has 0 radical (unpaired) electrons. The average molecular weight is 331 g/mol. The van der Waals surface area contributed by atoms with Gasteiger partial charge in [0, 0.05) is 43.3 Å². The van der Waals surface area contributed by atoms with Crippen molar-refractivity contribution >= 4 is 11.8 Å². The van der Waals surface area contributed by atoms with Gasteiger partial charge in [-0.2, -0.15) is 0 Å². The number of nitrogens with two attached hydrogens (primary N) is 1. The highest BCUT2D eigenvalue weighted by Gasteiger charge is 2.23. The van der Waals surface area contributed by atoms with Crippen molar-refractivity contribution in [1.82, 2.24) is 9.80 Å². The van der Waals surface area contributed by atoms with Crippen LogP contribution in [0.1, 0.15) is 60.2 Å². The zero-order valence-corrected chi connectivity index (χ0v) is 14.8. The zero-order chi connectivity index (χ0) is 17.5. The molecule has 2 amide bonds. The molecule has 0 unspecified atom stereocenters. The number of piperidine rings is 1. The van der Waals surface area contributed by atoms with Crippen LogP contribution in [0.25, 0.3) is 0 Å². The maximum Gasteiger partial charge on any atom is 0.253 e. The van der Waals surface area contributed by atoms with Crippen LogP contribution in [0, 0.1) is 0 Å². The average Bonchev–Trinajstić information content (AvgIpc) is 2.61. The molecule has 2 N–H and O–H groups in total. The molecule has 1 fully saturated rings. The van der Waals surface area contributed by atoms with Gasteiger partial charge in [0.1, 0.15) is 0 Å². The highest BCUT2D eigenvalue weighted by molar-refractivity contribution is 5.99. The van der Waals surface area contributed by atoms with Crippen LogP contribution in [-0.4, -0.2) is 53.8 Å². The predicted octanol–water partition coefficient (Wildman–Crippen LogP) is 2.51. The van der Waals surface area contributed by atoms with Gasteiger partial charge in [0.25, 0.3) is 11.8 Å². The molecule has 1 heterocycles. The molecular formula is C19H29N3O2. The molecular weight excluding hydrogens is 302 g/mol. The number of hydrogen-bond acceptors (Lipinski definition) is 3. The Morgan fingerprint density at radius 2 is 1.71 bits per heavy atom. The van der Waals surface area contributed by atoms with Crippen molar-refractivity contribution in [1.29, 1.82) is 0 Å². The Hall–Kier alpha value is -1.88. The monoisotopic (exact) mass is 331 g/mol. The molecule has 0 bridgehead atoms. The van der Waals surface area contributed by atoms with Gasteiger partial charge in [0.05, 0.1) is 0 Å². The van der Waals surface area contributed by atoms with E-state index in [1.807, 2.05) is 9.80 Å². The van der Waals surface area contributed by atoms with Gasteiger partial charge in [0.15, 0.2) is 0 Å². The number of nitrogens with zero attached hydrogens (tertiary/aromatic N) is 2. The fraction of sp³-hybridized carbons (Fsp3) is 0.579. The summed E-state index contributed by atoms with van der Waals surface area (Å²) in [4.78, 5) is 29.1. The van der Waals surface area contributed by atoms with Gasteiger partial charge in [-0.15, -0.1) is 0 Å². The van der Waals surface area contributed by atoms with E-state index >= 15 is 0 Å². The first-order valence-electron chi connectivity index (χ1n) is 9.01. The Morgan fingerprint density at radius 3 is 2.29 bits per heavy atom. The first kappa shape index (κ1) is 18.5. The van der Waals surface area contributed by atoms with Crippen LogP contribution in [0.15, 0.2) is 24.3 Å². The van der Waals surface area contributed by atoms with Gasteiger partial charge in [-0.25, -0.2) is 0 Å². The molecule has 24 heavy (non-hydrogen) atoms. The summed E-state index contributed by atoms with van der Waals surface area (Å²) >= 11 is 0. The van der Waals surface area contributed by atoms with Crippen LogP contribution in [0.2, 0.25) is 0 Å². The smallest absolute Gasteiger partial charge is 0.253 e. The van der Waals surface area contributed by atoms with Crippen LogP contribution in [0.3, 0.4) is 0 Å². The lowest BCUT2D eigenvalue weighted by Gasteiger charge is -2.30. The molecule has 132 valence electrons. The van der Waals surface area contributed by atoms with Crippen molar-refractivity contribution in [3.05, 3.63) is 35.4 Å². The lowest BCUT2D eigenvalue weighted by molar-refractivity contribution is 0.0714. The quantitative estimate of drug-likeness (QED) is 0.871. The fourth-order valence-corrected chi connectivity index (χ4v) is 3.11. The maximum absolute atomic E-state index is 12.7. The molecule has 5 nitrogen and oxygen atoms in total. The van der Waals surface area contributed by atoms with Crippen LogP contribution in [0.5, 0.6) is 0 Å². The number of carbonyl (C=O) groups is 2. The molecule has 1 aliphatic heterocycles. The first-order chi connectivity index (χ1) is 11.6. The van der Waals surface area contributed by atoms with Gasteiger partial charge >= 0.3 is 0 Å². The number of rotatable bonds is 6. The Morgan fingerprint density at radius 1 is 1.12 bits per heavy atom. The highest BCUT2D eigenvalue weighted by Crippen LogP contribution is 2.15. The lowest BCUT2D eigenvalue weighted by Crippen LogP contribution is -2.42. The Kier molecular flexibility index (Phi) is 6.79. The summed E-state index contributed by atoms with van der Waals surface area (Å²) in [7, 11) is 0. The third kappa shape index (κ3) is 4.57. The number of likely N-dealkylation sites (tertiary alicyclic amines) is 1. The van der Waals surface area contributed by atoms with Crippen molar-refractivity contribution in [3.63, 3.8) is 0 Å². The van der Waals surface area contributed by atoms with Crippen LogP contribution < -0.4 is 5.73 Å². The van der Waals surface area contributed by atoms with E-state index < -0.39 is 0 Å². The number of benzene rings is 1. The van der Waals surface area contributed by atoms with Gasteiger partial charge in [-0.3, -0.25) is 9.59 Å². The maximum atomic E-state index is 12.7. The van der Waals surface area contributed by atoms with Crippen LogP contribution in [0.4, 0.5) is 0 Å². The van der Waals surface area contributed by atoms with Gasteiger partial charge < -0.3 is 15.5 Å². The van der Waals surface area contributed by atoms with Crippen molar-refractivity contribution < 1.29 is 9.59 Å². The molecule has 0 saturated carbocycles. The van der Waals surface area contributed by atoms with Crippen molar-refractivity contribution in [3.8, 4) is 0 Å². The zero-order valence-electron chi connectivity index (χ0n) is 14.8. The van der Waals surface area contributed by atoms with Crippen molar-refractivity contribution in [2.75, 3.05) is 26.2 Å². The Labute approximate surface area is 144 Å². The molecule has 0 spiro atoms. The van der Waals surface area contributed by atoms with Crippen LogP contribution in [-0.2, 0) is 0 Å². The largest absolute Gasteiger partial charge is 0.339 e. The Bertz CT molecular complexity index is 559. The van der Waals surface area contributed by atoms with Gasteiger partial charge in [-0.1, -0.05) is 19.9 Å². The number of carbonyl (C=O) groups excluding carboxylic acids is 2. The fourth-order valence-electron chi connectivity index (χ4n) is 3.11. The highest BCUT2D eigenvalue weighted by atomic mass is 16.2. The van der Waals surface area contributed by atoms with Gasteiger partial charge in [-0.05, 0) is 43.9 Å². The third-order valence-corrected chi connectivity index (χ3v) is 4.46. The minimum atomic E-state index is -0.00548. The molecule has 1 aromatic carbocycles. The van der Waals surface area contributed by atoms with E-state index in [4.69, 9.17) is 5.73 Å². The lowest BCUT2D eigenvalue weighted by atomic mass is 10.0. The topological polar surface area (TPSA) is 66.6 Å². The summed E-state index contributed by atoms with van der Waals surface area (Å²) in [6, 6.07) is 7.31. The molecule has 2 rings (SSSR count). The van der Waals surface area contributed by atoms with E-state index in [9.17, 15) is 9.59 Å². The van der Waals surface area contributed by atoms with E-state index in [1.165, 1.54) is 0 Å². The normalized spacial score (nSPS) is 15.4. The molecule has 0 aromatic heterocycles. The minimum Gasteiger partial charge on any atom is -0.339 e. The standard InChI is InChI=1S/C19H29N3O2/c1-3-10-21(11-4-2)18(23)15-6-5-7-16(14-15)19(24)22-12-8-17(20)9-13-22/h5-7,14,17H,3-4,8-13,20H2,1-2H3. The van der Waals surface area contributed by atoms with E-state index in [-0.39, 0.29) is 17.9 Å². The number of amides is 2. The van der Waals surface area contributed by atoms with Gasteiger partial charge in [0.2, 0.25) is 0 Å². The summed E-state index contributed by atoms with van der Waals surface area (Å²) in [6.07, 6.45) is 3.53. The molecule has 0 atom stereocenters. The molecule has 1 aliphatic rings. The van der Waals surface area contributed by atoms with E-state index in [2.05, 4.69) is 13.8 Å². The second-order valence-corrected chi connectivity index (χ2v) is 6.50. The molecule has 5 heteroatoms. The molecule has 1 saturated heterocycles. The number of hydrogen-bond donors (Lipinski definition) is 1. The Balaban J connectivity index is 2.12. The molecule has 1 aromatic rings. The van der Waals surface area contributed by atoms with E-state index in [1.54, 1.807) is 24.3 Å². The summed E-state index contributed by atoms with van der Waals surface area (Å²) in [6.45, 7) is 7.00. The minimum absolute atomic E-state index is 0.00548. The van der Waals surface area contributed by atoms with E-state index in [0.29, 0.717) is 24.2 Å². The third-order valence-electron chi connectivity index (χ3n) is 4.46. The summed E-state index contributed by atoms with van der Waals surface area (Å²) in [5, 5.41) is 0. The molecule has 0 aliphatic carbocycles. The second-order valence-electron chi connectivity index (χ2n) is 6.50. The summed E-state index contributed by atoms with van der Waals surface area (Å²) in [5.74, 6) is 0.00287. The van der Waals surface area contributed by atoms with Crippen LogP contribution >= 0.6 is 0 Å². The predicted molar refractivity (Wildman–Crippen MR) is 96.0 cm³/mol. The van der Waals surface area contributed by atoms with Crippen molar-refractivity contribution in [2.45, 2.75) is 45.6 Å². The first-order valence-corrected chi connectivity index (χ1v) is 9.01. The SMILES string of the molecule is CCCN(CCC)C(=O)c1cccc(C(=O)N2CCC(N)CC2)c1.